The Bertz CT molecular complexity index is 242. The maximum atomic E-state index is 8.49. The summed E-state index contributed by atoms with van der Waals surface area (Å²) >= 11 is 0. The number of hydrogen-bond acceptors (Lipinski definition) is 3. The van der Waals surface area contributed by atoms with Gasteiger partial charge in [0.1, 0.15) is 5.82 Å². The quantitative estimate of drug-likeness (QED) is 0.510. The summed E-state index contributed by atoms with van der Waals surface area (Å²) in [7, 11) is 0. The largest absolute Gasteiger partial charge is 0.384 e. The molecule has 1 rings (SSSR count). The van der Waals surface area contributed by atoms with Gasteiger partial charge in [-0.3, -0.25) is 0 Å². The van der Waals surface area contributed by atoms with Gasteiger partial charge in [0, 0.05) is 12.1 Å². The van der Waals surface area contributed by atoms with Crippen molar-refractivity contribution < 1.29 is 0 Å². The van der Waals surface area contributed by atoms with Crippen molar-refractivity contribution in [3.05, 3.63) is 23.2 Å². The molecule has 0 amide bonds. The van der Waals surface area contributed by atoms with Gasteiger partial charge in [-0.15, -0.1) is 0 Å². The lowest BCUT2D eigenvalue weighted by atomic mass is 10.1. The van der Waals surface area contributed by atoms with Crippen LogP contribution in [-0.4, -0.2) is 0 Å². The summed E-state index contributed by atoms with van der Waals surface area (Å²) in [5, 5.41) is 11.4. The van der Waals surface area contributed by atoms with Crippen molar-refractivity contribution in [2.24, 2.45) is 5.73 Å². The van der Waals surface area contributed by atoms with Crippen LogP contribution < -0.4 is 11.1 Å². The van der Waals surface area contributed by atoms with Gasteiger partial charge in [0.05, 0.1) is 11.6 Å². The second-order valence-corrected chi connectivity index (χ2v) is 2.22. The molecule has 0 aromatic heterocycles. The molecule has 0 bridgehead atoms. The van der Waals surface area contributed by atoms with Crippen LogP contribution >= 0.6 is 0 Å². The molecule has 0 radical (unpaired) electrons. The lowest BCUT2D eigenvalue weighted by Crippen LogP contribution is -2.22. The number of hydrogen-bond donors (Lipinski definition) is 2. The molecule has 52 valence electrons. The van der Waals surface area contributed by atoms with Gasteiger partial charge < -0.3 is 11.1 Å². The van der Waals surface area contributed by atoms with Crippen molar-refractivity contribution >= 4 is 0 Å². The molecule has 3 nitrogen and oxygen atoms in total. The zero-order valence-electron chi connectivity index (χ0n) is 5.81. The van der Waals surface area contributed by atoms with Crippen LogP contribution in [0.1, 0.15) is 13.3 Å². The second-order valence-electron chi connectivity index (χ2n) is 2.22. The van der Waals surface area contributed by atoms with E-state index in [0.717, 1.165) is 5.70 Å². The van der Waals surface area contributed by atoms with Crippen LogP contribution in [-0.2, 0) is 0 Å². The van der Waals surface area contributed by atoms with Crippen molar-refractivity contribution in [3.8, 4) is 6.07 Å². The Labute approximate surface area is 59.8 Å². The van der Waals surface area contributed by atoms with Gasteiger partial charge in [0.2, 0.25) is 0 Å². The molecular formula is C7H9N3. The molecule has 0 saturated carbocycles. The number of allylic oxidation sites excluding steroid dienone is 3. The number of nitriles is 1. The van der Waals surface area contributed by atoms with E-state index >= 15 is 0 Å². The number of nitrogens with two attached hydrogens (primary N) is 1. The third kappa shape index (κ3) is 1.11. The van der Waals surface area contributed by atoms with Gasteiger partial charge in [-0.05, 0) is 6.92 Å². The van der Waals surface area contributed by atoms with E-state index in [1.807, 2.05) is 19.1 Å². The van der Waals surface area contributed by atoms with Crippen molar-refractivity contribution in [2.45, 2.75) is 13.3 Å². The molecule has 1 aliphatic rings. The number of rotatable bonds is 0. The zero-order valence-corrected chi connectivity index (χ0v) is 5.81. The molecule has 0 aromatic carbocycles. The van der Waals surface area contributed by atoms with E-state index in [9.17, 15) is 0 Å². The Hall–Kier alpha value is -1.43. The highest BCUT2D eigenvalue weighted by molar-refractivity contribution is 5.33. The molecule has 1 aliphatic heterocycles. The highest BCUT2D eigenvalue weighted by Crippen LogP contribution is 2.10. The van der Waals surface area contributed by atoms with Crippen LogP contribution in [0.25, 0.3) is 0 Å². The fraction of sp³-hybridized carbons (Fsp3) is 0.286. The van der Waals surface area contributed by atoms with Gasteiger partial charge >= 0.3 is 0 Å². The summed E-state index contributed by atoms with van der Waals surface area (Å²) in [6, 6.07) is 2.02. The number of dihydropyridines is 1. The predicted molar refractivity (Wildman–Crippen MR) is 38.3 cm³/mol. The number of nitrogens with one attached hydrogen (secondary N) is 1. The maximum absolute atomic E-state index is 8.49. The smallest absolute Gasteiger partial charge is 0.115 e. The third-order valence-corrected chi connectivity index (χ3v) is 1.40. The van der Waals surface area contributed by atoms with E-state index in [0.29, 0.717) is 17.8 Å². The van der Waals surface area contributed by atoms with Crippen molar-refractivity contribution in [2.75, 3.05) is 0 Å². The van der Waals surface area contributed by atoms with Crippen LogP contribution in [0.4, 0.5) is 0 Å². The second kappa shape index (κ2) is 2.44. The highest BCUT2D eigenvalue weighted by atomic mass is 15.0. The lowest BCUT2D eigenvalue weighted by molar-refractivity contribution is 0.879. The van der Waals surface area contributed by atoms with Gasteiger partial charge in [-0.1, -0.05) is 6.08 Å². The first kappa shape index (κ1) is 6.69. The SMILES string of the molecule is CC1=CCC(C#N)=C(N)N1. The Morgan fingerprint density at radius 2 is 2.50 bits per heavy atom. The summed E-state index contributed by atoms with van der Waals surface area (Å²) in [6.07, 6.45) is 2.59. The zero-order chi connectivity index (χ0) is 7.56. The standard InChI is InChI=1S/C7H9N3/c1-5-2-3-6(4-8)7(9)10-5/h2,10H,3,9H2,1H3. The molecular weight excluding hydrogens is 126 g/mol. The summed E-state index contributed by atoms with van der Waals surface area (Å²) < 4.78 is 0. The van der Waals surface area contributed by atoms with Gasteiger partial charge in [-0.2, -0.15) is 5.26 Å². The van der Waals surface area contributed by atoms with Crippen LogP contribution in [0.5, 0.6) is 0 Å². The van der Waals surface area contributed by atoms with Crippen molar-refractivity contribution in [3.63, 3.8) is 0 Å². The summed E-state index contributed by atoms with van der Waals surface area (Å²) in [4.78, 5) is 0. The van der Waals surface area contributed by atoms with Crippen LogP contribution in [0.3, 0.4) is 0 Å². The molecule has 1 heterocycles. The molecule has 0 aliphatic carbocycles. The van der Waals surface area contributed by atoms with Crippen LogP contribution in [0.2, 0.25) is 0 Å². The monoisotopic (exact) mass is 135 g/mol. The molecule has 0 atom stereocenters. The predicted octanol–water partition coefficient (Wildman–Crippen LogP) is 0.577. The Kier molecular flexibility index (Phi) is 1.63. The Morgan fingerprint density at radius 1 is 1.80 bits per heavy atom. The average molecular weight is 135 g/mol. The van der Waals surface area contributed by atoms with E-state index < -0.39 is 0 Å². The molecule has 10 heavy (non-hydrogen) atoms. The molecule has 3 heteroatoms. The van der Waals surface area contributed by atoms with Crippen LogP contribution in [0.15, 0.2) is 23.2 Å². The van der Waals surface area contributed by atoms with E-state index in [1.54, 1.807) is 0 Å². The van der Waals surface area contributed by atoms with E-state index in [-0.39, 0.29) is 0 Å². The summed E-state index contributed by atoms with van der Waals surface area (Å²) in [6.45, 7) is 1.92. The lowest BCUT2D eigenvalue weighted by Gasteiger charge is -2.12. The molecule has 0 unspecified atom stereocenters. The molecule has 0 fully saturated rings. The molecule has 0 saturated heterocycles. The summed E-state index contributed by atoms with van der Waals surface area (Å²) in [5.74, 6) is 0.488. The molecule has 0 spiro atoms. The average Bonchev–Trinajstić information content (AvgIpc) is 1.88. The van der Waals surface area contributed by atoms with Gasteiger partial charge in [0.15, 0.2) is 0 Å². The normalized spacial score (nSPS) is 17.4. The number of nitrogens with zero attached hydrogens (tertiary/aromatic N) is 1. The fourth-order valence-corrected chi connectivity index (χ4v) is 0.810. The van der Waals surface area contributed by atoms with Gasteiger partial charge in [-0.25, -0.2) is 0 Å². The van der Waals surface area contributed by atoms with E-state index in [2.05, 4.69) is 5.32 Å². The first-order chi connectivity index (χ1) is 4.74. The minimum atomic E-state index is 0.488. The third-order valence-electron chi connectivity index (χ3n) is 1.40. The minimum Gasteiger partial charge on any atom is -0.384 e. The topological polar surface area (TPSA) is 61.8 Å². The minimum absolute atomic E-state index is 0.488. The first-order valence-corrected chi connectivity index (χ1v) is 3.06. The van der Waals surface area contributed by atoms with Gasteiger partial charge in [0.25, 0.3) is 0 Å². The first-order valence-electron chi connectivity index (χ1n) is 3.06. The molecule has 3 N–H and O–H groups in total. The van der Waals surface area contributed by atoms with Crippen molar-refractivity contribution in [1.29, 1.82) is 5.26 Å². The maximum Gasteiger partial charge on any atom is 0.115 e. The van der Waals surface area contributed by atoms with Crippen LogP contribution in [0, 0.1) is 11.3 Å². The summed E-state index contributed by atoms with van der Waals surface area (Å²) in [5.41, 5.74) is 7.11. The fourth-order valence-electron chi connectivity index (χ4n) is 0.810. The molecule has 0 aromatic rings. The Balaban J connectivity index is 2.80. The van der Waals surface area contributed by atoms with E-state index in [1.165, 1.54) is 0 Å². The highest BCUT2D eigenvalue weighted by Gasteiger charge is 2.06. The Morgan fingerprint density at radius 3 is 3.00 bits per heavy atom. The van der Waals surface area contributed by atoms with Crippen molar-refractivity contribution in [1.82, 2.24) is 5.32 Å². The van der Waals surface area contributed by atoms with E-state index in [4.69, 9.17) is 11.0 Å².